The zero-order valence-corrected chi connectivity index (χ0v) is 10.6. The minimum Gasteiger partial charge on any atom is -0.214 e. The van der Waals surface area contributed by atoms with Gasteiger partial charge in [0.1, 0.15) is 0 Å². The van der Waals surface area contributed by atoms with Crippen molar-refractivity contribution in [3.63, 3.8) is 0 Å². The van der Waals surface area contributed by atoms with Crippen LogP contribution in [0.1, 0.15) is 22.4 Å². The number of fused-ring (bicyclic) bond motifs is 1. The summed E-state index contributed by atoms with van der Waals surface area (Å²) in [5.74, 6) is 0. The van der Waals surface area contributed by atoms with Gasteiger partial charge in [-0.3, -0.25) is 0 Å². The third kappa shape index (κ3) is 1.55. The lowest BCUT2D eigenvalue weighted by atomic mass is 10.2. The second-order valence-electron chi connectivity index (χ2n) is 4.59. The Kier molecular flexibility index (Phi) is 2.23. The number of thiophene rings is 1. The predicted octanol–water partition coefficient (Wildman–Crippen LogP) is 3.60. The first-order valence-corrected chi connectivity index (χ1v) is 8.47. The third-order valence-electron chi connectivity index (χ3n) is 2.69. The number of hydrogen-bond donors (Lipinski definition) is 0. The van der Waals surface area contributed by atoms with Gasteiger partial charge in [0.05, 0.1) is 0 Å². The second kappa shape index (κ2) is 3.03. The average molecular weight is 214 g/mol. The van der Waals surface area contributed by atoms with Crippen LogP contribution in [-0.4, -0.2) is 18.8 Å². The van der Waals surface area contributed by atoms with Gasteiger partial charge in [-0.25, -0.2) is 10.0 Å². The highest BCUT2D eigenvalue weighted by molar-refractivity contribution is 8.33. The van der Waals surface area contributed by atoms with Crippen molar-refractivity contribution in [3.8, 4) is 0 Å². The zero-order valence-electron chi connectivity index (χ0n) is 8.94. The number of hydrogen-bond acceptors (Lipinski definition) is 1. The minimum atomic E-state index is -0.489. The van der Waals surface area contributed by atoms with E-state index in [1.165, 1.54) is 19.3 Å². The molecule has 1 heterocycles. The van der Waals surface area contributed by atoms with E-state index in [0.717, 1.165) is 0 Å². The van der Waals surface area contributed by atoms with E-state index in [-0.39, 0.29) is 0 Å². The standard InChI is InChI=1S/C11H18S2/c1-8-9-6-5-7-10(9)11(12-8)13(2,3)4/h5-7H2,1-4H3. The molecule has 0 N–H and O–H groups in total. The van der Waals surface area contributed by atoms with Crippen LogP contribution in [0.3, 0.4) is 0 Å². The quantitative estimate of drug-likeness (QED) is 0.670. The molecule has 2 rings (SSSR count). The molecule has 0 aromatic carbocycles. The second-order valence-corrected chi connectivity index (χ2v) is 10.2. The fraction of sp³-hybridized carbons (Fsp3) is 0.636. The Morgan fingerprint density at radius 2 is 1.69 bits per heavy atom. The molecule has 1 aliphatic rings. The lowest BCUT2D eigenvalue weighted by Gasteiger charge is -2.25. The Balaban J connectivity index is 2.55. The maximum absolute atomic E-state index is 2.41. The van der Waals surface area contributed by atoms with Gasteiger partial charge in [0.15, 0.2) is 0 Å². The Hall–Kier alpha value is 0.0500. The van der Waals surface area contributed by atoms with Crippen molar-refractivity contribution in [1.29, 1.82) is 0 Å². The predicted molar refractivity (Wildman–Crippen MR) is 64.7 cm³/mol. The van der Waals surface area contributed by atoms with Gasteiger partial charge < -0.3 is 0 Å². The van der Waals surface area contributed by atoms with E-state index >= 15 is 0 Å². The molecule has 0 unspecified atom stereocenters. The summed E-state index contributed by atoms with van der Waals surface area (Å²) in [4.78, 5) is 1.59. The highest BCUT2D eigenvalue weighted by Gasteiger charge is 2.24. The average Bonchev–Trinajstić information content (AvgIpc) is 2.51. The molecule has 1 aromatic heterocycles. The molecule has 1 aromatic rings. The molecule has 0 bridgehead atoms. The van der Waals surface area contributed by atoms with Gasteiger partial charge in [-0.05, 0) is 56.1 Å². The molecule has 74 valence electrons. The van der Waals surface area contributed by atoms with Gasteiger partial charge in [-0.1, -0.05) is 0 Å². The molecule has 0 radical (unpaired) electrons. The number of rotatable bonds is 1. The summed E-state index contributed by atoms with van der Waals surface area (Å²) in [6.45, 7) is 2.30. The minimum absolute atomic E-state index is 0.489. The van der Waals surface area contributed by atoms with Crippen molar-refractivity contribution < 1.29 is 0 Å². The van der Waals surface area contributed by atoms with Gasteiger partial charge >= 0.3 is 0 Å². The lowest BCUT2D eigenvalue weighted by molar-refractivity contribution is 0.903. The zero-order chi connectivity index (χ0) is 9.64. The summed E-state index contributed by atoms with van der Waals surface area (Å²) in [5, 5.41) is 0. The van der Waals surface area contributed by atoms with Crippen LogP contribution in [0, 0.1) is 6.92 Å². The molecule has 0 amide bonds. The highest BCUT2D eigenvalue weighted by atomic mass is 32.3. The molecule has 13 heavy (non-hydrogen) atoms. The monoisotopic (exact) mass is 214 g/mol. The van der Waals surface area contributed by atoms with Gasteiger partial charge in [0.2, 0.25) is 0 Å². The first-order valence-electron chi connectivity index (χ1n) is 4.79. The summed E-state index contributed by atoms with van der Waals surface area (Å²) in [7, 11) is -0.489. The van der Waals surface area contributed by atoms with Crippen LogP contribution >= 0.6 is 21.4 Å². The van der Waals surface area contributed by atoms with Crippen LogP contribution in [0.4, 0.5) is 0 Å². The maximum atomic E-state index is 2.41. The van der Waals surface area contributed by atoms with Crippen LogP contribution in [0.5, 0.6) is 0 Å². The summed E-state index contributed by atoms with van der Waals surface area (Å²) >= 11 is 2.06. The van der Waals surface area contributed by atoms with Crippen molar-refractivity contribution in [2.24, 2.45) is 0 Å². The topological polar surface area (TPSA) is 0 Å². The van der Waals surface area contributed by atoms with Crippen LogP contribution in [0.2, 0.25) is 0 Å². The Morgan fingerprint density at radius 3 is 2.31 bits per heavy atom. The molecule has 0 nitrogen and oxygen atoms in total. The van der Waals surface area contributed by atoms with Crippen LogP contribution in [0.25, 0.3) is 0 Å². The van der Waals surface area contributed by atoms with E-state index < -0.39 is 10.0 Å². The van der Waals surface area contributed by atoms with Crippen LogP contribution in [-0.2, 0) is 12.8 Å². The number of aryl methyl sites for hydroxylation is 1. The van der Waals surface area contributed by atoms with Gasteiger partial charge in [-0.15, -0.1) is 11.3 Å². The molecule has 0 saturated carbocycles. The molecule has 2 heteroatoms. The summed E-state index contributed by atoms with van der Waals surface area (Å²) in [6.07, 6.45) is 11.3. The lowest BCUT2D eigenvalue weighted by Crippen LogP contribution is -1.93. The van der Waals surface area contributed by atoms with Crippen molar-refractivity contribution in [1.82, 2.24) is 0 Å². The molecular formula is C11H18S2. The summed E-state index contributed by atoms with van der Waals surface area (Å²) in [6, 6.07) is 0. The van der Waals surface area contributed by atoms with E-state index in [0.29, 0.717) is 0 Å². The molecule has 1 aliphatic carbocycles. The Bertz CT molecular complexity index is 329. The molecular weight excluding hydrogens is 196 g/mol. The molecule has 0 fully saturated rings. The van der Waals surface area contributed by atoms with Crippen LogP contribution in [0.15, 0.2) is 4.21 Å². The largest absolute Gasteiger partial charge is 0.214 e. The third-order valence-corrected chi connectivity index (χ3v) is 6.78. The first kappa shape index (κ1) is 9.60. The Morgan fingerprint density at radius 1 is 1.08 bits per heavy atom. The van der Waals surface area contributed by atoms with E-state index in [4.69, 9.17) is 0 Å². The summed E-state index contributed by atoms with van der Waals surface area (Å²) in [5.41, 5.74) is 3.42. The maximum Gasteiger partial charge on any atom is 0.0459 e. The molecule has 0 saturated heterocycles. The van der Waals surface area contributed by atoms with E-state index in [1.807, 2.05) is 0 Å². The highest BCUT2D eigenvalue weighted by Crippen LogP contribution is 2.54. The Labute approximate surface area is 86.7 Å². The SMILES string of the molecule is Cc1sc(S(C)(C)C)c2c1CCC2. The van der Waals surface area contributed by atoms with Gasteiger partial charge in [0.25, 0.3) is 0 Å². The molecule has 0 aliphatic heterocycles. The van der Waals surface area contributed by atoms with Gasteiger partial charge in [-0.2, -0.15) is 0 Å². The van der Waals surface area contributed by atoms with Crippen LogP contribution < -0.4 is 0 Å². The van der Waals surface area contributed by atoms with E-state index in [9.17, 15) is 0 Å². The van der Waals surface area contributed by atoms with E-state index in [1.54, 1.807) is 20.2 Å². The fourth-order valence-corrected chi connectivity index (χ4v) is 5.43. The molecule has 0 spiro atoms. The van der Waals surface area contributed by atoms with Gasteiger partial charge in [0, 0.05) is 9.09 Å². The van der Waals surface area contributed by atoms with Crippen molar-refractivity contribution in [2.75, 3.05) is 18.8 Å². The van der Waals surface area contributed by atoms with E-state index in [2.05, 4.69) is 37.0 Å². The van der Waals surface area contributed by atoms with Crippen molar-refractivity contribution in [3.05, 3.63) is 16.0 Å². The molecule has 0 atom stereocenters. The smallest absolute Gasteiger partial charge is 0.0459 e. The van der Waals surface area contributed by atoms with Crippen molar-refractivity contribution >= 4 is 21.4 Å². The normalized spacial score (nSPS) is 17.5. The van der Waals surface area contributed by atoms with Crippen molar-refractivity contribution in [2.45, 2.75) is 30.4 Å². The summed E-state index contributed by atoms with van der Waals surface area (Å²) < 4.78 is 1.72. The first-order chi connectivity index (χ1) is 6.00. The fourth-order valence-electron chi connectivity index (χ4n) is 2.11.